The van der Waals surface area contributed by atoms with Crippen molar-refractivity contribution < 1.29 is 17.6 Å². The van der Waals surface area contributed by atoms with E-state index in [0.717, 1.165) is 11.1 Å². The number of hydrogen-bond donors (Lipinski definition) is 1. The van der Waals surface area contributed by atoms with Crippen LogP contribution in [0.2, 0.25) is 0 Å². The lowest BCUT2D eigenvalue weighted by Gasteiger charge is -2.33. The first kappa shape index (κ1) is 18.6. The fraction of sp³-hybridized carbons (Fsp3) is 0.421. The molecule has 0 unspecified atom stereocenters. The third-order valence-corrected chi connectivity index (χ3v) is 4.59. The molecular formula is C19H20F4N3. The van der Waals surface area contributed by atoms with Crippen molar-refractivity contribution in [1.82, 2.24) is 9.47 Å². The Hall–Kier alpha value is -2.20. The van der Waals surface area contributed by atoms with Crippen LogP contribution in [0.15, 0.2) is 24.3 Å². The predicted octanol–water partition coefficient (Wildman–Crippen LogP) is 3.84. The summed E-state index contributed by atoms with van der Waals surface area (Å²) in [5, 5.41) is 3.78. The maximum atomic E-state index is 14.3. The number of halogens is 4. The fourth-order valence-electron chi connectivity index (χ4n) is 3.37. The monoisotopic (exact) mass is 366 g/mol. The molecule has 1 aliphatic rings. The van der Waals surface area contributed by atoms with E-state index >= 15 is 0 Å². The molecule has 0 spiro atoms. The third kappa shape index (κ3) is 3.96. The molecule has 139 valence electrons. The van der Waals surface area contributed by atoms with E-state index in [9.17, 15) is 17.6 Å². The van der Waals surface area contributed by atoms with E-state index in [0.29, 0.717) is 29.6 Å². The van der Waals surface area contributed by atoms with Crippen molar-refractivity contribution in [2.45, 2.75) is 31.4 Å². The first-order valence-electron chi connectivity index (χ1n) is 8.35. The SMILES string of the molecule is [CH2]C#Cc1cc2c(N[C@@H]3CCN(C)C[C@@H]3F)cccc2n1CC(F)(F)F. The Morgan fingerprint density at radius 3 is 2.77 bits per heavy atom. The van der Waals surface area contributed by atoms with Crippen molar-refractivity contribution in [3.8, 4) is 11.8 Å². The quantitative estimate of drug-likeness (QED) is 0.658. The highest BCUT2D eigenvalue weighted by molar-refractivity contribution is 5.94. The number of fused-ring (bicyclic) bond motifs is 1. The first-order chi connectivity index (χ1) is 12.3. The summed E-state index contributed by atoms with van der Waals surface area (Å²) in [6, 6.07) is 6.27. The van der Waals surface area contributed by atoms with Gasteiger partial charge in [-0.1, -0.05) is 12.0 Å². The molecule has 26 heavy (non-hydrogen) atoms. The number of nitrogens with one attached hydrogen (secondary N) is 1. The third-order valence-electron chi connectivity index (χ3n) is 4.59. The highest BCUT2D eigenvalue weighted by Crippen LogP contribution is 2.31. The zero-order chi connectivity index (χ0) is 18.9. The standard InChI is InChI=1S/C19H20F4N3/c1-3-5-13-10-14-16(24-17-8-9-25(2)11-15(17)20)6-4-7-18(14)26(13)12-19(21,22)23/h4,6-7,10,15,17,24H,1,8-9,11-12H2,2H3/t15-,17+/m0/s1. The molecule has 3 nitrogen and oxygen atoms in total. The van der Waals surface area contributed by atoms with Crippen molar-refractivity contribution in [3.05, 3.63) is 36.9 Å². The van der Waals surface area contributed by atoms with Crippen LogP contribution in [0.5, 0.6) is 0 Å². The van der Waals surface area contributed by atoms with Crippen molar-refractivity contribution in [1.29, 1.82) is 0 Å². The summed E-state index contributed by atoms with van der Waals surface area (Å²) in [6.45, 7) is 3.36. The predicted molar refractivity (Wildman–Crippen MR) is 94.6 cm³/mol. The van der Waals surface area contributed by atoms with Gasteiger partial charge in [0.1, 0.15) is 12.7 Å². The second kappa shape index (κ2) is 7.20. The van der Waals surface area contributed by atoms with E-state index in [2.05, 4.69) is 24.1 Å². The molecule has 0 amide bonds. The highest BCUT2D eigenvalue weighted by atomic mass is 19.4. The number of benzene rings is 1. The largest absolute Gasteiger partial charge is 0.406 e. The number of likely N-dealkylation sites (tertiary alicyclic amines) is 1. The van der Waals surface area contributed by atoms with Gasteiger partial charge in [-0.3, -0.25) is 0 Å². The van der Waals surface area contributed by atoms with Gasteiger partial charge in [-0.15, -0.1) is 0 Å². The molecule has 7 heteroatoms. The van der Waals surface area contributed by atoms with E-state index in [1.54, 1.807) is 24.3 Å². The number of hydrogen-bond acceptors (Lipinski definition) is 2. The fourth-order valence-corrected chi connectivity index (χ4v) is 3.37. The average Bonchev–Trinajstić information content (AvgIpc) is 2.88. The minimum atomic E-state index is -4.37. The zero-order valence-corrected chi connectivity index (χ0v) is 14.4. The van der Waals surface area contributed by atoms with Gasteiger partial charge in [-0.05, 0) is 37.6 Å². The molecule has 1 aliphatic heterocycles. The number of aromatic nitrogens is 1. The molecular weight excluding hydrogens is 346 g/mol. The van der Waals surface area contributed by atoms with Gasteiger partial charge in [-0.2, -0.15) is 13.2 Å². The second-order valence-electron chi connectivity index (χ2n) is 6.59. The Kier molecular flexibility index (Phi) is 5.15. The van der Waals surface area contributed by atoms with Gasteiger partial charge in [0.2, 0.25) is 0 Å². The van der Waals surface area contributed by atoms with Crippen molar-refractivity contribution in [2.75, 3.05) is 25.5 Å². The number of anilines is 1. The number of piperidine rings is 1. The molecule has 0 bridgehead atoms. The van der Waals surface area contributed by atoms with E-state index in [1.807, 2.05) is 11.9 Å². The molecule has 1 aromatic carbocycles. The summed E-state index contributed by atoms with van der Waals surface area (Å²) in [6.07, 6.45) is -4.78. The molecule has 1 saturated heterocycles. The lowest BCUT2D eigenvalue weighted by atomic mass is 10.0. The van der Waals surface area contributed by atoms with Crippen molar-refractivity contribution >= 4 is 16.6 Å². The smallest absolute Gasteiger partial charge is 0.379 e. The normalized spacial score (nSPS) is 21.5. The van der Waals surface area contributed by atoms with E-state index in [1.165, 1.54) is 0 Å². The Labute approximate surface area is 150 Å². The van der Waals surface area contributed by atoms with E-state index in [4.69, 9.17) is 0 Å². The minimum absolute atomic E-state index is 0.238. The van der Waals surface area contributed by atoms with Gasteiger partial charge in [0.25, 0.3) is 0 Å². The summed E-state index contributed by atoms with van der Waals surface area (Å²) in [7, 11) is 1.87. The molecule has 2 heterocycles. The number of alkyl halides is 4. The molecule has 0 saturated carbocycles. The average molecular weight is 366 g/mol. The molecule has 2 atom stereocenters. The Balaban J connectivity index is 1.99. The van der Waals surface area contributed by atoms with Gasteiger partial charge >= 0.3 is 6.18 Å². The lowest BCUT2D eigenvalue weighted by Crippen LogP contribution is -2.46. The van der Waals surface area contributed by atoms with Gasteiger partial charge < -0.3 is 14.8 Å². The van der Waals surface area contributed by atoms with Crippen LogP contribution >= 0.6 is 0 Å². The number of nitrogens with zero attached hydrogens (tertiary/aromatic N) is 2. The van der Waals surface area contributed by atoms with Crippen molar-refractivity contribution in [3.63, 3.8) is 0 Å². The molecule has 3 rings (SSSR count). The molecule has 1 aromatic heterocycles. The minimum Gasteiger partial charge on any atom is -0.379 e. The molecule has 1 radical (unpaired) electrons. The summed E-state index contributed by atoms with van der Waals surface area (Å²) < 4.78 is 54.4. The highest BCUT2D eigenvalue weighted by Gasteiger charge is 2.31. The van der Waals surface area contributed by atoms with E-state index < -0.39 is 18.9 Å². The van der Waals surface area contributed by atoms with Crippen LogP contribution in [0, 0.1) is 18.8 Å². The molecule has 1 N–H and O–H groups in total. The van der Waals surface area contributed by atoms with Crippen LogP contribution in [-0.2, 0) is 6.54 Å². The molecule has 1 fully saturated rings. The summed E-state index contributed by atoms with van der Waals surface area (Å²) >= 11 is 0. The van der Waals surface area contributed by atoms with Crippen LogP contribution in [-0.4, -0.2) is 48.0 Å². The summed E-state index contributed by atoms with van der Waals surface area (Å²) in [5.41, 5.74) is 1.27. The van der Waals surface area contributed by atoms with Crippen molar-refractivity contribution in [2.24, 2.45) is 0 Å². The molecule has 2 aromatic rings. The number of rotatable bonds is 3. The van der Waals surface area contributed by atoms with Crippen LogP contribution < -0.4 is 5.32 Å². The summed E-state index contributed by atoms with van der Waals surface area (Å²) in [5.74, 6) is 5.04. The van der Waals surface area contributed by atoms with Gasteiger partial charge in [0.05, 0.1) is 17.3 Å². The Morgan fingerprint density at radius 2 is 2.12 bits per heavy atom. The van der Waals surface area contributed by atoms with E-state index in [-0.39, 0.29) is 11.7 Å². The lowest BCUT2D eigenvalue weighted by molar-refractivity contribution is -0.140. The first-order valence-corrected chi connectivity index (χ1v) is 8.35. The summed E-state index contributed by atoms with van der Waals surface area (Å²) in [4.78, 5) is 1.92. The van der Waals surface area contributed by atoms with Crippen LogP contribution in [0.4, 0.5) is 23.2 Å². The Morgan fingerprint density at radius 1 is 1.35 bits per heavy atom. The van der Waals surface area contributed by atoms with Gasteiger partial charge in [-0.25, -0.2) is 4.39 Å². The zero-order valence-electron chi connectivity index (χ0n) is 14.4. The maximum Gasteiger partial charge on any atom is 0.406 e. The molecule has 0 aliphatic carbocycles. The van der Waals surface area contributed by atoms with Gasteiger partial charge in [0, 0.05) is 31.1 Å². The van der Waals surface area contributed by atoms with Gasteiger partial charge in [0.15, 0.2) is 0 Å². The van der Waals surface area contributed by atoms with Crippen LogP contribution in [0.1, 0.15) is 12.1 Å². The maximum absolute atomic E-state index is 14.3. The second-order valence-corrected chi connectivity index (χ2v) is 6.59. The van der Waals surface area contributed by atoms with Crippen LogP contribution in [0.3, 0.4) is 0 Å². The Bertz CT molecular complexity index is 844. The topological polar surface area (TPSA) is 20.2 Å². The van der Waals surface area contributed by atoms with Crippen LogP contribution in [0.25, 0.3) is 10.9 Å².